The standard InChI is InChI=1S/C23H22ClN3O2/c24-19-6-7-21-20(13-19)18(14-25)12-22(26-21)27(15-17-4-2-1-3-5-17)16-23(28)8-10-29-11-9-23/h1-7,12-13,28H,8-11,15-16H2. The van der Waals surface area contributed by atoms with Gasteiger partial charge in [-0.3, -0.25) is 0 Å². The minimum absolute atomic E-state index is 0.419. The number of hydrogen-bond acceptors (Lipinski definition) is 5. The molecule has 0 spiro atoms. The van der Waals surface area contributed by atoms with E-state index in [1.165, 1.54) is 0 Å². The first-order valence-corrected chi connectivity index (χ1v) is 10.0. The topological polar surface area (TPSA) is 69.4 Å². The van der Waals surface area contributed by atoms with Crippen molar-refractivity contribution in [2.24, 2.45) is 0 Å². The van der Waals surface area contributed by atoms with Gasteiger partial charge >= 0.3 is 0 Å². The second kappa shape index (κ2) is 8.38. The molecular weight excluding hydrogens is 386 g/mol. The number of rotatable bonds is 5. The van der Waals surface area contributed by atoms with Gasteiger partial charge in [0.15, 0.2) is 0 Å². The van der Waals surface area contributed by atoms with Crippen molar-refractivity contribution < 1.29 is 9.84 Å². The van der Waals surface area contributed by atoms with Crippen LogP contribution in [0.2, 0.25) is 5.02 Å². The molecule has 1 aliphatic heterocycles. The average molecular weight is 408 g/mol. The number of aliphatic hydroxyl groups is 1. The van der Waals surface area contributed by atoms with Gasteiger partial charge in [-0.15, -0.1) is 0 Å². The third-order valence-corrected chi connectivity index (χ3v) is 5.56. The first kappa shape index (κ1) is 19.7. The molecule has 0 radical (unpaired) electrons. The summed E-state index contributed by atoms with van der Waals surface area (Å²) in [5.41, 5.74) is 1.49. The molecular formula is C23H22ClN3O2. The molecule has 2 aromatic carbocycles. The van der Waals surface area contributed by atoms with Crippen LogP contribution in [0.15, 0.2) is 54.6 Å². The maximum atomic E-state index is 11.1. The van der Waals surface area contributed by atoms with Crippen LogP contribution in [-0.4, -0.2) is 35.5 Å². The zero-order chi connectivity index (χ0) is 20.3. The maximum Gasteiger partial charge on any atom is 0.130 e. The minimum atomic E-state index is -0.851. The number of anilines is 1. The zero-order valence-electron chi connectivity index (χ0n) is 16.0. The highest BCUT2D eigenvalue weighted by atomic mass is 35.5. The predicted octanol–water partition coefficient (Wildman–Crippen LogP) is 4.31. The van der Waals surface area contributed by atoms with Gasteiger partial charge in [-0.2, -0.15) is 5.26 Å². The van der Waals surface area contributed by atoms with Crippen molar-refractivity contribution in [1.29, 1.82) is 5.26 Å². The molecule has 148 valence electrons. The maximum absolute atomic E-state index is 11.1. The highest BCUT2D eigenvalue weighted by Gasteiger charge is 2.32. The van der Waals surface area contributed by atoms with Gasteiger partial charge in [-0.1, -0.05) is 41.9 Å². The fourth-order valence-corrected chi connectivity index (χ4v) is 3.90. The second-order valence-corrected chi connectivity index (χ2v) is 7.92. The molecule has 0 aliphatic carbocycles. The smallest absolute Gasteiger partial charge is 0.130 e. The molecule has 1 saturated heterocycles. The molecule has 2 heterocycles. The molecule has 0 saturated carbocycles. The van der Waals surface area contributed by atoms with Crippen LogP contribution in [0.4, 0.5) is 5.82 Å². The molecule has 3 aromatic rings. The monoisotopic (exact) mass is 407 g/mol. The Hall–Kier alpha value is -2.65. The van der Waals surface area contributed by atoms with Crippen LogP contribution >= 0.6 is 11.6 Å². The number of benzene rings is 2. The summed E-state index contributed by atoms with van der Waals surface area (Å²) in [5, 5.41) is 22.1. The predicted molar refractivity (Wildman–Crippen MR) is 114 cm³/mol. The normalized spacial score (nSPS) is 15.8. The van der Waals surface area contributed by atoms with Gasteiger partial charge in [0.1, 0.15) is 5.82 Å². The SMILES string of the molecule is N#Cc1cc(N(Cc2ccccc2)CC2(O)CCOCC2)nc2ccc(Cl)cc12. The third-order valence-electron chi connectivity index (χ3n) is 5.33. The molecule has 0 bridgehead atoms. The molecule has 6 heteroatoms. The van der Waals surface area contributed by atoms with Crippen molar-refractivity contribution in [3.8, 4) is 6.07 Å². The van der Waals surface area contributed by atoms with E-state index in [2.05, 4.69) is 11.0 Å². The summed E-state index contributed by atoms with van der Waals surface area (Å²) in [6.07, 6.45) is 1.15. The van der Waals surface area contributed by atoms with Gasteiger partial charge in [-0.25, -0.2) is 4.98 Å². The Kier molecular flexibility index (Phi) is 5.68. The zero-order valence-corrected chi connectivity index (χ0v) is 16.8. The van der Waals surface area contributed by atoms with E-state index in [1.807, 2.05) is 36.4 Å². The first-order chi connectivity index (χ1) is 14.1. The summed E-state index contributed by atoms with van der Waals surface area (Å²) in [7, 11) is 0. The molecule has 29 heavy (non-hydrogen) atoms. The van der Waals surface area contributed by atoms with Crippen molar-refractivity contribution in [2.75, 3.05) is 24.7 Å². The Bertz CT molecular complexity index is 1040. The summed E-state index contributed by atoms with van der Waals surface area (Å²) in [6.45, 7) is 2.09. The van der Waals surface area contributed by atoms with E-state index in [4.69, 9.17) is 21.3 Å². The van der Waals surface area contributed by atoms with Crippen molar-refractivity contribution in [1.82, 2.24) is 4.98 Å². The number of ether oxygens (including phenoxy) is 1. The Labute approximate surface area is 175 Å². The lowest BCUT2D eigenvalue weighted by Crippen LogP contribution is -2.47. The Morgan fingerprint density at radius 2 is 1.90 bits per heavy atom. The Morgan fingerprint density at radius 1 is 1.14 bits per heavy atom. The van der Waals surface area contributed by atoms with E-state index in [1.54, 1.807) is 18.2 Å². The van der Waals surface area contributed by atoms with Crippen molar-refractivity contribution in [3.63, 3.8) is 0 Å². The van der Waals surface area contributed by atoms with Crippen molar-refractivity contribution in [2.45, 2.75) is 25.0 Å². The van der Waals surface area contributed by atoms with E-state index in [0.29, 0.717) is 61.1 Å². The molecule has 0 atom stereocenters. The van der Waals surface area contributed by atoms with E-state index in [0.717, 1.165) is 10.9 Å². The van der Waals surface area contributed by atoms with Gasteiger partial charge in [0.2, 0.25) is 0 Å². The summed E-state index contributed by atoms with van der Waals surface area (Å²) in [4.78, 5) is 6.84. The quantitative estimate of drug-likeness (QED) is 0.682. The van der Waals surface area contributed by atoms with E-state index in [-0.39, 0.29) is 0 Å². The molecule has 1 N–H and O–H groups in total. The van der Waals surface area contributed by atoms with Gasteiger partial charge in [0, 0.05) is 49.6 Å². The van der Waals surface area contributed by atoms with Crippen LogP contribution in [0.1, 0.15) is 24.0 Å². The fourth-order valence-electron chi connectivity index (χ4n) is 3.72. The third kappa shape index (κ3) is 4.51. The van der Waals surface area contributed by atoms with E-state index in [9.17, 15) is 10.4 Å². The number of nitrogens with zero attached hydrogens (tertiary/aromatic N) is 3. The van der Waals surface area contributed by atoms with Crippen LogP contribution in [0.25, 0.3) is 10.9 Å². The van der Waals surface area contributed by atoms with Crippen LogP contribution < -0.4 is 4.90 Å². The van der Waals surface area contributed by atoms with Crippen LogP contribution in [0, 0.1) is 11.3 Å². The van der Waals surface area contributed by atoms with Crippen LogP contribution in [0.3, 0.4) is 0 Å². The van der Waals surface area contributed by atoms with Crippen LogP contribution in [-0.2, 0) is 11.3 Å². The molecule has 1 aromatic heterocycles. The van der Waals surface area contributed by atoms with E-state index < -0.39 is 5.60 Å². The number of pyridine rings is 1. The molecule has 5 nitrogen and oxygen atoms in total. The first-order valence-electron chi connectivity index (χ1n) is 9.66. The molecule has 1 fully saturated rings. The lowest BCUT2D eigenvalue weighted by atomic mass is 9.93. The summed E-state index contributed by atoms with van der Waals surface area (Å²) in [6, 6.07) is 19.5. The lowest BCUT2D eigenvalue weighted by molar-refractivity contribution is -0.0580. The number of fused-ring (bicyclic) bond motifs is 1. The average Bonchev–Trinajstić information content (AvgIpc) is 2.73. The Balaban J connectivity index is 1.75. The number of nitriles is 1. The van der Waals surface area contributed by atoms with Gasteiger partial charge in [0.05, 0.1) is 22.8 Å². The number of aromatic nitrogens is 1. The van der Waals surface area contributed by atoms with Crippen LogP contribution in [0.5, 0.6) is 0 Å². The highest BCUT2D eigenvalue weighted by molar-refractivity contribution is 6.31. The van der Waals surface area contributed by atoms with Crippen molar-refractivity contribution >= 4 is 28.3 Å². The molecule has 4 rings (SSSR count). The highest BCUT2D eigenvalue weighted by Crippen LogP contribution is 2.29. The lowest BCUT2D eigenvalue weighted by Gasteiger charge is -2.37. The van der Waals surface area contributed by atoms with Gasteiger partial charge in [-0.05, 0) is 29.8 Å². The fraction of sp³-hybridized carbons (Fsp3) is 0.304. The van der Waals surface area contributed by atoms with Gasteiger partial charge < -0.3 is 14.7 Å². The Morgan fingerprint density at radius 3 is 2.62 bits per heavy atom. The van der Waals surface area contributed by atoms with Crippen molar-refractivity contribution in [3.05, 3.63) is 70.7 Å². The number of hydrogen-bond donors (Lipinski definition) is 1. The largest absolute Gasteiger partial charge is 0.388 e. The summed E-state index contributed by atoms with van der Waals surface area (Å²) >= 11 is 6.11. The summed E-state index contributed by atoms with van der Waals surface area (Å²) < 4.78 is 5.43. The minimum Gasteiger partial charge on any atom is -0.388 e. The van der Waals surface area contributed by atoms with E-state index >= 15 is 0 Å². The molecule has 0 amide bonds. The van der Waals surface area contributed by atoms with Gasteiger partial charge in [0.25, 0.3) is 0 Å². The molecule has 1 aliphatic rings. The second-order valence-electron chi connectivity index (χ2n) is 7.48. The molecule has 0 unspecified atom stereocenters. The summed E-state index contributed by atoms with van der Waals surface area (Å²) in [5.74, 6) is 0.667. The number of halogens is 1.